The summed E-state index contributed by atoms with van der Waals surface area (Å²) in [6, 6.07) is 8.92. The number of nitrogens with two attached hydrogens (primary N) is 1. The standard InChI is InChI=1S/C14H22N2O/c1-17-9-7-14(15)11-16-8-6-12-4-2-3-5-13(12)10-16/h2-5,14H,6-11,15H2,1H3. The zero-order chi connectivity index (χ0) is 12.1. The molecule has 1 aromatic carbocycles. The number of rotatable bonds is 5. The van der Waals surface area contributed by atoms with Gasteiger partial charge in [-0.3, -0.25) is 4.90 Å². The predicted molar refractivity (Wildman–Crippen MR) is 69.9 cm³/mol. The number of hydrogen-bond donors (Lipinski definition) is 1. The van der Waals surface area contributed by atoms with Gasteiger partial charge in [-0.15, -0.1) is 0 Å². The molecule has 1 heterocycles. The van der Waals surface area contributed by atoms with Crippen molar-refractivity contribution in [3.8, 4) is 0 Å². The summed E-state index contributed by atoms with van der Waals surface area (Å²) in [5.74, 6) is 0. The summed E-state index contributed by atoms with van der Waals surface area (Å²) in [5.41, 5.74) is 9.04. The molecule has 1 atom stereocenters. The molecule has 1 aromatic rings. The number of benzene rings is 1. The molecule has 0 radical (unpaired) electrons. The van der Waals surface area contributed by atoms with E-state index in [1.54, 1.807) is 7.11 Å². The van der Waals surface area contributed by atoms with Crippen LogP contribution in [0.1, 0.15) is 17.5 Å². The fraction of sp³-hybridized carbons (Fsp3) is 0.571. The fourth-order valence-corrected chi connectivity index (χ4v) is 2.40. The second kappa shape index (κ2) is 6.15. The third-order valence-electron chi connectivity index (χ3n) is 3.40. The molecule has 0 aliphatic carbocycles. The lowest BCUT2D eigenvalue weighted by Crippen LogP contribution is -2.40. The summed E-state index contributed by atoms with van der Waals surface area (Å²) in [5, 5.41) is 0. The van der Waals surface area contributed by atoms with E-state index in [2.05, 4.69) is 29.2 Å². The van der Waals surface area contributed by atoms with Crippen molar-refractivity contribution in [2.24, 2.45) is 5.73 Å². The molecule has 0 aromatic heterocycles. The van der Waals surface area contributed by atoms with Crippen molar-refractivity contribution >= 4 is 0 Å². The number of hydrogen-bond acceptors (Lipinski definition) is 3. The molecule has 3 nitrogen and oxygen atoms in total. The van der Waals surface area contributed by atoms with Crippen LogP contribution in [0.5, 0.6) is 0 Å². The minimum Gasteiger partial charge on any atom is -0.385 e. The zero-order valence-corrected chi connectivity index (χ0v) is 10.6. The second-order valence-electron chi connectivity index (χ2n) is 4.80. The van der Waals surface area contributed by atoms with Crippen molar-refractivity contribution < 1.29 is 4.74 Å². The molecule has 1 unspecified atom stereocenters. The van der Waals surface area contributed by atoms with Gasteiger partial charge in [-0.2, -0.15) is 0 Å². The monoisotopic (exact) mass is 234 g/mol. The molecule has 94 valence electrons. The van der Waals surface area contributed by atoms with Crippen LogP contribution in [0.4, 0.5) is 0 Å². The summed E-state index contributed by atoms with van der Waals surface area (Å²) in [7, 11) is 1.73. The maximum absolute atomic E-state index is 6.09. The Kier molecular flexibility index (Phi) is 4.54. The lowest BCUT2D eigenvalue weighted by Gasteiger charge is -2.30. The van der Waals surface area contributed by atoms with Gasteiger partial charge < -0.3 is 10.5 Å². The molecule has 0 spiro atoms. The molecule has 2 rings (SSSR count). The summed E-state index contributed by atoms with van der Waals surface area (Å²) in [4.78, 5) is 2.45. The van der Waals surface area contributed by atoms with Gasteiger partial charge in [0.05, 0.1) is 0 Å². The number of methoxy groups -OCH3 is 1. The second-order valence-corrected chi connectivity index (χ2v) is 4.80. The number of nitrogens with zero attached hydrogens (tertiary/aromatic N) is 1. The first-order valence-electron chi connectivity index (χ1n) is 6.33. The van der Waals surface area contributed by atoms with E-state index in [-0.39, 0.29) is 6.04 Å². The van der Waals surface area contributed by atoms with E-state index in [1.165, 1.54) is 11.1 Å². The first kappa shape index (κ1) is 12.6. The SMILES string of the molecule is COCCC(N)CN1CCc2ccccc2C1. The normalized spacial score (nSPS) is 17.8. The third-order valence-corrected chi connectivity index (χ3v) is 3.40. The Hall–Kier alpha value is -0.900. The molecule has 0 saturated heterocycles. The highest BCUT2D eigenvalue weighted by Gasteiger charge is 2.17. The van der Waals surface area contributed by atoms with E-state index in [4.69, 9.17) is 10.5 Å². The summed E-state index contributed by atoms with van der Waals surface area (Å²) >= 11 is 0. The Morgan fingerprint density at radius 2 is 2.12 bits per heavy atom. The summed E-state index contributed by atoms with van der Waals surface area (Å²) in [6.45, 7) is 3.89. The van der Waals surface area contributed by atoms with Crippen LogP contribution in [-0.2, 0) is 17.7 Å². The first-order valence-corrected chi connectivity index (χ1v) is 6.33. The lowest BCUT2D eigenvalue weighted by molar-refractivity contribution is 0.171. The smallest absolute Gasteiger partial charge is 0.0477 e. The Morgan fingerprint density at radius 3 is 2.88 bits per heavy atom. The van der Waals surface area contributed by atoms with E-state index in [1.807, 2.05) is 0 Å². The Labute approximate surface area is 104 Å². The van der Waals surface area contributed by atoms with Crippen LogP contribution in [0.15, 0.2) is 24.3 Å². The van der Waals surface area contributed by atoms with Gasteiger partial charge in [0.2, 0.25) is 0 Å². The quantitative estimate of drug-likeness (QED) is 0.837. The zero-order valence-electron chi connectivity index (χ0n) is 10.6. The van der Waals surface area contributed by atoms with Gasteiger partial charge >= 0.3 is 0 Å². The van der Waals surface area contributed by atoms with Gasteiger partial charge in [0.1, 0.15) is 0 Å². The molecule has 1 aliphatic heterocycles. The molecule has 1 aliphatic rings. The van der Waals surface area contributed by atoms with Crippen LogP contribution < -0.4 is 5.73 Å². The van der Waals surface area contributed by atoms with Gasteiger partial charge in [0.25, 0.3) is 0 Å². The molecule has 2 N–H and O–H groups in total. The molecule has 0 bridgehead atoms. The van der Waals surface area contributed by atoms with Gasteiger partial charge in [0.15, 0.2) is 0 Å². The molecular weight excluding hydrogens is 212 g/mol. The minimum absolute atomic E-state index is 0.222. The lowest BCUT2D eigenvalue weighted by atomic mass is 9.99. The molecule has 0 fully saturated rings. The highest BCUT2D eigenvalue weighted by Crippen LogP contribution is 2.18. The van der Waals surface area contributed by atoms with E-state index in [0.29, 0.717) is 0 Å². The van der Waals surface area contributed by atoms with Gasteiger partial charge in [-0.25, -0.2) is 0 Å². The predicted octanol–water partition coefficient (Wildman–Crippen LogP) is 1.41. The average molecular weight is 234 g/mol. The molecule has 0 amide bonds. The van der Waals surface area contributed by atoms with Crippen molar-refractivity contribution in [1.82, 2.24) is 4.90 Å². The topological polar surface area (TPSA) is 38.5 Å². The molecule has 3 heteroatoms. The van der Waals surface area contributed by atoms with Crippen LogP contribution in [0.3, 0.4) is 0 Å². The maximum atomic E-state index is 6.09. The van der Waals surface area contributed by atoms with Crippen molar-refractivity contribution in [3.63, 3.8) is 0 Å². The molecule has 0 saturated carbocycles. The highest BCUT2D eigenvalue weighted by atomic mass is 16.5. The first-order chi connectivity index (χ1) is 8.29. The maximum Gasteiger partial charge on any atom is 0.0477 e. The van der Waals surface area contributed by atoms with Crippen LogP contribution in [0.25, 0.3) is 0 Å². The van der Waals surface area contributed by atoms with Crippen molar-refractivity contribution in [2.45, 2.75) is 25.4 Å². The van der Waals surface area contributed by atoms with Crippen molar-refractivity contribution in [1.29, 1.82) is 0 Å². The molecule has 17 heavy (non-hydrogen) atoms. The Balaban J connectivity index is 1.85. The van der Waals surface area contributed by atoms with Gasteiger partial charge in [-0.05, 0) is 24.0 Å². The van der Waals surface area contributed by atoms with E-state index >= 15 is 0 Å². The third kappa shape index (κ3) is 3.53. The van der Waals surface area contributed by atoms with Crippen LogP contribution in [0, 0.1) is 0 Å². The Morgan fingerprint density at radius 1 is 1.35 bits per heavy atom. The van der Waals surface area contributed by atoms with Crippen molar-refractivity contribution in [2.75, 3.05) is 26.8 Å². The van der Waals surface area contributed by atoms with E-state index in [9.17, 15) is 0 Å². The van der Waals surface area contributed by atoms with Crippen LogP contribution in [-0.4, -0.2) is 37.7 Å². The average Bonchev–Trinajstić information content (AvgIpc) is 2.36. The molecular formula is C14H22N2O. The summed E-state index contributed by atoms with van der Waals surface area (Å²) in [6.07, 6.45) is 2.09. The minimum atomic E-state index is 0.222. The van der Waals surface area contributed by atoms with Gasteiger partial charge in [0, 0.05) is 39.4 Å². The van der Waals surface area contributed by atoms with Crippen LogP contribution >= 0.6 is 0 Å². The number of ether oxygens (including phenoxy) is 1. The van der Waals surface area contributed by atoms with Crippen LogP contribution in [0.2, 0.25) is 0 Å². The summed E-state index contributed by atoms with van der Waals surface area (Å²) < 4.78 is 5.06. The van der Waals surface area contributed by atoms with Gasteiger partial charge in [-0.1, -0.05) is 24.3 Å². The highest BCUT2D eigenvalue weighted by molar-refractivity contribution is 5.29. The van der Waals surface area contributed by atoms with E-state index in [0.717, 1.165) is 39.1 Å². The largest absolute Gasteiger partial charge is 0.385 e. The van der Waals surface area contributed by atoms with E-state index < -0.39 is 0 Å². The number of fused-ring (bicyclic) bond motifs is 1. The fourth-order valence-electron chi connectivity index (χ4n) is 2.40. The van der Waals surface area contributed by atoms with Crippen molar-refractivity contribution in [3.05, 3.63) is 35.4 Å². The Bertz CT molecular complexity index is 354.